The lowest BCUT2D eigenvalue weighted by molar-refractivity contribution is -0.141. The number of anilines is 3. The maximum Gasteiger partial charge on any atom is 0.338 e. The first kappa shape index (κ1) is 40.6. The third-order valence-corrected chi connectivity index (χ3v) is 9.94. The van der Waals surface area contributed by atoms with E-state index in [-0.39, 0.29) is 11.9 Å². The van der Waals surface area contributed by atoms with E-state index in [1.807, 2.05) is 42.5 Å². The van der Waals surface area contributed by atoms with E-state index < -0.39 is 0 Å². The summed E-state index contributed by atoms with van der Waals surface area (Å²) >= 11 is 15.6. The minimum absolute atomic E-state index is 0.209. The van der Waals surface area contributed by atoms with Gasteiger partial charge in [-0.2, -0.15) is 0 Å². The van der Waals surface area contributed by atoms with E-state index in [1.54, 1.807) is 18.2 Å². The molecule has 49 heavy (non-hydrogen) atoms. The second-order valence-electron chi connectivity index (χ2n) is 12.4. The molecule has 1 aliphatic carbocycles. The van der Waals surface area contributed by atoms with Crippen LogP contribution in [-0.4, -0.2) is 42.6 Å². The van der Waals surface area contributed by atoms with Gasteiger partial charge in [0, 0.05) is 29.7 Å². The number of carbonyl (C=O) groups is 2. The van der Waals surface area contributed by atoms with Gasteiger partial charge >= 0.3 is 11.9 Å². The van der Waals surface area contributed by atoms with E-state index in [0.29, 0.717) is 40.6 Å². The van der Waals surface area contributed by atoms with Crippen molar-refractivity contribution in [1.29, 1.82) is 0 Å². The first-order chi connectivity index (χ1) is 23.7. The molecule has 3 N–H and O–H groups in total. The fourth-order valence-electron chi connectivity index (χ4n) is 5.92. The maximum atomic E-state index is 12.7. The monoisotopic (exact) mass is 775 g/mol. The van der Waals surface area contributed by atoms with Gasteiger partial charge in [0.2, 0.25) is 0 Å². The summed E-state index contributed by atoms with van der Waals surface area (Å²) < 4.78 is 11.2. The third kappa shape index (κ3) is 14.9. The number of para-hydroxylation sites is 2. The van der Waals surface area contributed by atoms with Crippen LogP contribution < -0.4 is 11.1 Å². The Morgan fingerprint density at radius 2 is 1.45 bits per heavy atom. The fourth-order valence-corrected chi connectivity index (χ4v) is 6.92. The Kier molecular flexibility index (Phi) is 18.9. The number of nitrogens with one attached hydrogen (secondary N) is 1. The minimum Gasteiger partial charge on any atom is -0.466 e. The number of nitrogen functional groups attached to an aromatic ring is 1. The number of unbranched alkanes of at least 4 members (excludes halogenated alkanes) is 6. The van der Waals surface area contributed by atoms with E-state index in [2.05, 4.69) is 33.1 Å². The molecule has 268 valence electrons. The lowest BCUT2D eigenvalue weighted by Gasteiger charge is -2.34. The minimum atomic E-state index is -0.284. The number of hydrogen-bond donors (Lipinski definition) is 2. The molecule has 1 saturated carbocycles. The van der Waals surface area contributed by atoms with Gasteiger partial charge in [-0.1, -0.05) is 106 Å². The molecule has 0 saturated heterocycles. The van der Waals surface area contributed by atoms with E-state index in [9.17, 15) is 9.59 Å². The lowest BCUT2D eigenvalue weighted by atomic mass is 9.93. The second-order valence-corrected chi connectivity index (χ2v) is 14.1. The van der Waals surface area contributed by atoms with E-state index in [0.717, 1.165) is 79.4 Å². The molecule has 0 radical (unpaired) electrons. The average molecular weight is 778 g/mol. The highest BCUT2D eigenvalue weighted by atomic mass is 79.9. The molecular weight excluding hydrogens is 725 g/mol. The number of benzene rings is 3. The normalized spacial score (nSPS) is 13.0. The highest BCUT2D eigenvalue weighted by Gasteiger charge is 2.22. The zero-order chi connectivity index (χ0) is 35.4. The summed E-state index contributed by atoms with van der Waals surface area (Å²) in [5.74, 6) is -0.493. The van der Waals surface area contributed by atoms with Crippen LogP contribution in [0.25, 0.3) is 0 Å². The number of ether oxygens (including phenoxy) is 2. The summed E-state index contributed by atoms with van der Waals surface area (Å²) in [6.45, 7) is 6.32. The molecule has 0 aromatic heterocycles. The Labute approximate surface area is 311 Å². The average Bonchev–Trinajstić information content (AvgIpc) is 3.10. The molecule has 0 heterocycles. The summed E-state index contributed by atoms with van der Waals surface area (Å²) in [5.41, 5.74) is 10.3. The largest absolute Gasteiger partial charge is 0.466 e. The summed E-state index contributed by atoms with van der Waals surface area (Å²) in [7, 11) is 0. The van der Waals surface area contributed by atoms with Crippen molar-refractivity contribution in [3.63, 3.8) is 0 Å². The number of carbonyl (C=O) groups excluding carboxylic acids is 2. The molecule has 7 nitrogen and oxygen atoms in total. The number of hydrogen-bond acceptors (Lipinski definition) is 7. The highest BCUT2D eigenvalue weighted by Crippen LogP contribution is 2.33. The van der Waals surface area contributed by atoms with Crippen molar-refractivity contribution in [3.8, 4) is 0 Å². The van der Waals surface area contributed by atoms with Crippen LogP contribution in [0.3, 0.4) is 0 Å². The lowest BCUT2D eigenvalue weighted by Crippen LogP contribution is -2.36. The zero-order valence-corrected chi connectivity index (χ0v) is 32.1. The van der Waals surface area contributed by atoms with Crippen molar-refractivity contribution in [3.05, 3.63) is 86.3 Å². The van der Waals surface area contributed by atoms with Gasteiger partial charge in [0.05, 0.1) is 40.2 Å². The molecule has 1 aliphatic rings. The van der Waals surface area contributed by atoms with Crippen LogP contribution in [0.2, 0.25) is 10.0 Å². The van der Waals surface area contributed by atoms with Crippen molar-refractivity contribution in [2.24, 2.45) is 0 Å². The van der Waals surface area contributed by atoms with Gasteiger partial charge in [-0.05, 0) is 90.1 Å². The Bertz CT molecular complexity index is 1420. The van der Waals surface area contributed by atoms with Crippen LogP contribution in [0, 0.1) is 0 Å². The van der Waals surface area contributed by atoms with Crippen LogP contribution in [0.1, 0.15) is 107 Å². The van der Waals surface area contributed by atoms with Crippen LogP contribution in [0.4, 0.5) is 17.1 Å². The molecule has 1 fully saturated rings. The molecule has 0 unspecified atom stereocenters. The van der Waals surface area contributed by atoms with Crippen molar-refractivity contribution >= 4 is 68.1 Å². The summed E-state index contributed by atoms with van der Waals surface area (Å²) in [5, 5.41) is 4.41. The molecule has 3 aromatic carbocycles. The van der Waals surface area contributed by atoms with Crippen LogP contribution in [-0.2, 0) is 20.8 Å². The molecule has 0 bridgehead atoms. The summed E-state index contributed by atoms with van der Waals surface area (Å²) in [6, 6.07) is 19.5. The summed E-state index contributed by atoms with van der Waals surface area (Å²) in [4.78, 5) is 25.9. The van der Waals surface area contributed by atoms with Crippen molar-refractivity contribution in [1.82, 2.24) is 4.90 Å². The molecular formula is C39H52BrCl2N3O4. The topological polar surface area (TPSA) is 93.9 Å². The Balaban J connectivity index is 0.000000357. The maximum absolute atomic E-state index is 12.7. The van der Waals surface area contributed by atoms with Crippen LogP contribution in [0.5, 0.6) is 0 Å². The predicted molar refractivity (Wildman–Crippen MR) is 207 cm³/mol. The number of halogens is 3. The first-order valence-electron chi connectivity index (χ1n) is 17.6. The molecule has 0 aliphatic heterocycles. The van der Waals surface area contributed by atoms with Gasteiger partial charge in [0.25, 0.3) is 0 Å². The van der Waals surface area contributed by atoms with Crippen molar-refractivity contribution < 1.29 is 19.1 Å². The standard InChI is InChI=1S/C27H43BrN2O4.C12H9Cl2N/c1-3-30(24-14-10-9-11-15-24)20-23-18-22(19-25(28)26(23)29)27(32)34-17-13-8-6-4-5-7-12-16-33-21(2)31;13-10-7-4-8-11(14)12(10)15-9-5-2-1-3-6-9/h18-19,24H,3-17,20,29H2,1-2H3;1-8,15H. The van der Waals surface area contributed by atoms with Crippen LogP contribution in [0.15, 0.2) is 65.1 Å². The molecule has 0 amide bonds. The van der Waals surface area contributed by atoms with Gasteiger partial charge in [0.1, 0.15) is 0 Å². The Hall–Kier alpha value is -2.78. The van der Waals surface area contributed by atoms with Crippen LogP contribution >= 0.6 is 39.1 Å². The smallest absolute Gasteiger partial charge is 0.338 e. The number of rotatable bonds is 17. The predicted octanol–water partition coefficient (Wildman–Crippen LogP) is 11.4. The Morgan fingerprint density at radius 1 is 0.857 bits per heavy atom. The quantitative estimate of drug-likeness (QED) is 0.0801. The van der Waals surface area contributed by atoms with Crippen molar-refractivity contribution in [2.75, 3.05) is 30.8 Å². The SMILES string of the molecule is CCN(Cc1cc(C(=O)OCCCCCCCCCOC(C)=O)cc(Br)c1N)C1CCCCC1.Clc1cccc(Cl)c1Nc1ccccc1. The molecule has 0 spiro atoms. The molecule has 4 rings (SSSR count). The second kappa shape index (κ2) is 22.8. The van der Waals surface area contributed by atoms with Gasteiger partial charge in [0.15, 0.2) is 0 Å². The van der Waals surface area contributed by atoms with Gasteiger partial charge in [-0.15, -0.1) is 0 Å². The fraction of sp³-hybridized carbons (Fsp3) is 0.487. The summed E-state index contributed by atoms with van der Waals surface area (Å²) in [6.07, 6.45) is 13.7. The molecule has 0 atom stereocenters. The van der Waals surface area contributed by atoms with E-state index >= 15 is 0 Å². The molecule has 3 aromatic rings. The van der Waals surface area contributed by atoms with E-state index in [1.165, 1.54) is 39.0 Å². The van der Waals surface area contributed by atoms with Gasteiger partial charge in [-0.25, -0.2) is 4.79 Å². The van der Waals surface area contributed by atoms with Gasteiger partial charge in [-0.3, -0.25) is 9.69 Å². The number of esters is 2. The van der Waals surface area contributed by atoms with E-state index in [4.69, 9.17) is 38.4 Å². The van der Waals surface area contributed by atoms with Gasteiger partial charge < -0.3 is 20.5 Å². The number of nitrogens with two attached hydrogens (primary N) is 1. The highest BCUT2D eigenvalue weighted by molar-refractivity contribution is 9.10. The Morgan fingerprint density at radius 3 is 2.04 bits per heavy atom. The third-order valence-electron chi connectivity index (χ3n) is 8.65. The molecule has 10 heteroatoms. The first-order valence-corrected chi connectivity index (χ1v) is 19.1. The number of nitrogens with zero attached hydrogens (tertiary/aromatic N) is 1. The zero-order valence-electron chi connectivity index (χ0n) is 29.0. The van der Waals surface area contributed by atoms with Crippen molar-refractivity contribution in [2.45, 2.75) is 103 Å².